The average molecular weight is 243 g/mol. The molecule has 0 aliphatic heterocycles. The molecule has 1 amide bonds. The molecule has 1 rings (SSSR count). The van der Waals surface area contributed by atoms with Crippen molar-refractivity contribution in [2.24, 2.45) is 5.92 Å². The van der Waals surface area contributed by atoms with Crippen LogP contribution in [0.3, 0.4) is 0 Å². The Morgan fingerprint density at radius 1 is 1.50 bits per heavy atom. The molecule has 0 radical (unpaired) electrons. The fraction of sp³-hybridized carbons (Fsp3) is 0.556. The number of anilines is 1. The molecule has 0 aliphatic rings. The Kier molecular flexibility index (Phi) is 4.36. The van der Waals surface area contributed by atoms with Crippen molar-refractivity contribution in [2.45, 2.75) is 20.3 Å². The molecule has 0 unspecified atom stereocenters. The summed E-state index contributed by atoms with van der Waals surface area (Å²) in [6, 6.07) is 0. The van der Waals surface area contributed by atoms with E-state index in [9.17, 15) is 9.59 Å². The molecule has 0 spiro atoms. The first-order chi connectivity index (χ1) is 7.52. The van der Waals surface area contributed by atoms with E-state index in [4.69, 9.17) is 0 Å². The number of hydrogen-bond acceptors (Lipinski definition) is 6. The van der Waals surface area contributed by atoms with Crippen LogP contribution in [0.2, 0.25) is 0 Å². The van der Waals surface area contributed by atoms with Gasteiger partial charge in [-0.25, -0.2) is 4.79 Å². The van der Waals surface area contributed by atoms with Crippen LogP contribution in [-0.4, -0.2) is 28.3 Å². The van der Waals surface area contributed by atoms with E-state index in [1.165, 1.54) is 7.11 Å². The van der Waals surface area contributed by atoms with E-state index in [0.29, 0.717) is 11.6 Å². The van der Waals surface area contributed by atoms with Gasteiger partial charge in [0.15, 0.2) is 0 Å². The van der Waals surface area contributed by atoms with Crippen LogP contribution < -0.4 is 5.32 Å². The minimum absolute atomic E-state index is 0.0349. The first kappa shape index (κ1) is 12.6. The second kappa shape index (κ2) is 5.55. The first-order valence-electron chi connectivity index (χ1n) is 4.74. The maximum atomic E-state index is 11.4. The fourth-order valence-corrected chi connectivity index (χ4v) is 1.56. The fourth-order valence-electron chi connectivity index (χ4n) is 0.990. The number of carbonyl (C=O) groups excluding carboxylic acids is 2. The largest absolute Gasteiger partial charge is 0.463 e. The second-order valence-electron chi connectivity index (χ2n) is 3.56. The maximum Gasteiger partial charge on any atom is 0.377 e. The number of hydrogen-bond donors (Lipinski definition) is 1. The molecule has 1 aromatic heterocycles. The highest BCUT2D eigenvalue weighted by Gasteiger charge is 2.14. The van der Waals surface area contributed by atoms with Gasteiger partial charge in [0.1, 0.15) is 0 Å². The van der Waals surface area contributed by atoms with E-state index in [-0.39, 0.29) is 17.6 Å². The van der Waals surface area contributed by atoms with Crippen LogP contribution in [0.4, 0.5) is 5.13 Å². The lowest BCUT2D eigenvalue weighted by Crippen LogP contribution is -2.14. The number of methoxy groups -OCH3 is 1. The summed E-state index contributed by atoms with van der Waals surface area (Å²) < 4.78 is 8.21. The van der Waals surface area contributed by atoms with E-state index in [1.807, 2.05) is 13.8 Å². The molecule has 0 aliphatic carbocycles. The van der Waals surface area contributed by atoms with E-state index >= 15 is 0 Å². The first-order valence-corrected chi connectivity index (χ1v) is 5.52. The smallest absolute Gasteiger partial charge is 0.377 e. The molecule has 16 heavy (non-hydrogen) atoms. The van der Waals surface area contributed by atoms with Crippen molar-refractivity contribution < 1.29 is 14.3 Å². The molecule has 1 aromatic rings. The number of nitrogens with zero attached hydrogens (tertiary/aromatic N) is 2. The van der Waals surface area contributed by atoms with Gasteiger partial charge in [-0.1, -0.05) is 13.8 Å². The summed E-state index contributed by atoms with van der Waals surface area (Å²) in [5, 5.41) is 2.88. The van der Waals surface area contributed by atoms with Gasteiger partial charge in [0.25, 0.3) is 5.82 Å². The molecule has 0 fully saturated rings. The predicted molar refractivity (Wildman–Crippen MR) is 59.3 cm³/mol. The highest BCUT2D eigenvalue weighted by Crippen LogP contribution is 2.12. The highest BCUT2D eigenvalue weighted by molar-refractivity contribution is 7.10. The maximum absolute atomic E-state index is 11.4. The Morgan fingerprint density at radius 2 is 2.19 bits per heavy atom. The van der Waals surface area contributed by atoms with E-state index in [0.717, 1.165) is 11.5 Å². The summed E-state index contributed by atoms with van der Waals surface area (Å²) in [5.41, 5.74) is 0. The molecular weight excluding hydrogens is 230 g/mol. The van der Waals surface area contributed by atoms with Crippen LogP contribution in [0.25, 0.3) is 0 Å². The van der Waals surface area contributed by atoms with Crippen LogP contribution in [0, 0.1) is 5.92 Å². The Morgan fingerprint density at radius 3 is 2.75 bits per heavy atom. The highest BCUT2D eigenvalue weighted by atomic mass is 32.1. The lowest BCUT2D eigenvalue weighted by atomic mass is 10.1. The molecule has 88 valence electrons. The van der Waals surface area contributed by atoms with E-state index in [2.05, 4.69) is 19.4 Å². The summed E-state index contributed by atoms with van der Waals surface area (Å²) in [5.74, 6) is -0.511. The van der Waals surface area contributed by atoms with Crippen molar-refractivity contribution in [3.63, 3.8) is 0 Å². The molecule has 1 N–H and O–H groups in total. The summed E-state index contributed by atoms with van der Waals surface area (Å²) >= 11 is 0.955. The third kappa shape index (κ3) is 3.58. The van der Waals surface area contributed by atoms with Gasteiger partial charge in [-0.2, -0.15) is 9.36 Å². The number of amides is 1. The molecule has 0 saturated heterocycles. The van der Waals surface area contributed by atoms with Crippen LogP contribution in [0.15, 0.2) is 0 Å². The zero-order valence-electron chi connectivity index (χ0n) is 9.31. The van der Waals surface area contributed by atoms with Gasteiger partial charge < -0.3 is 10.1 Å². The molecule has 1 heterocycles. The second-order valence-corrected chi connectivity index (χ2v) is 4.31. The predicted octanol–water partition coefficient (Wildman–Crippen LogP) is 1.31. The zero-order chi connectivity index (χ0) is 12.1. The lowest BCUT2D eigenvalue weighted by molar-refractivity contribution is -0.116. The molecule has 0 saturated carbocycles. The monoisotopic (exact) mass is 243 g/mol. The van der Waals surface area contributed by atoms with Crippen molar-refractivity contribution in [3.05, 3.63) is 5.82 Å². The van der Waals surface area contributed by atoms with Crippen molar-refractivity contribution in [1.29, 1.82) is 0 Å². The van der Waals surface area contributed by atoms with Gasteiger partial charge in [0, 0.05) is 18.0 Å². The molecular formula is C9H13N3O3S. The Labute approximate surface area is 97.2 Å². The molecule has 0 aromatic carbocycles. The van der Waals surface area contributed by atoms with Crippen LogP contribution in [0.1, 0.15) is 30.9 Å². The van der Waals surface area contributed by atoms with Crippen LogP contribution in [0.5, 0.6) is 0 Å². The average Bonchev–Trinajstić information content (AvgIpc) is 2.63. The van der Waals surface area contributed by atoms with Crippen molar-refractivity contribution in [1.82, 2.24) is 9.36 Å². The third-order valence-corrected chi connectivity index (χ3v) is 2.26. The van der Waals surface area contributed by atoms with Gasteiger partial charge in [-0.15, -0.1) is 0 Å². The summed E-state index contributed by atoms with van der Waals surface area (Å²) in [6.07, 6.45) is 0.410. The standard InChI is InChI=1S/C9H13N3O3S/c1-5(2)4-6(13)10-9-11-7(12-16-9)8(14)15-3/h5H,4H2,1-3H3,(H,10,11,12,13). The number of aromatic nitrogens is 2. The van der Waals surface area contributed by atoms with Gasteiger partial charge in [-0.3, -0.25) is 4.79 Å². The van der Waals surface area contributed by atoms with E-state index in [1.54, 1.807) is 0 Å². The van der Waals surface area contributed by atoms with Crippen LogP contribution in [-0.2, 0) is 9.53 Å². The van der Waals surface area contributed by atoms with Gasteiger partial charge >= 0.3 is 5.97 Å². The van der Waals surface area contributed by atoms with Gasteiger partial charge in [0.2, 0.25) is 11.0 Å². The number of rotatable bonds is 4. The van der Waals surface area contributed by atoms with Crippen molar-refractivity contribution in [3.8, 4) is 0 Å². The van der Waals surface area contributed by atoms with Gasteiger partial charge in [-0.05, 0) is 5.92 Å². The SMILES string of the molecule is COC(=O)c1nsc(NC(=O)CC(C)C)n1. The topological polar surface area (TPSA) is 81.2 Å². The van der Waals surface area contributed by atoms with Crippen molar-refractivity contribution in [2.75, 3.05) is 12.4 Å². The van der Waals surface area contributed by atoms with Crippen LogP contribution >= 0.6 is 11.5 Å². The zero-order valence-corrected chi connectivity index (χ0v) is 10.1. The molecule has 7 heteroatoms. The summed E-state index contributed by atoms with van der Waals surface area (Å²) in [6.45, 7) is 3.89. The molecule has 6 nitrogen and oxygen atoms in total. The minimum atomic E-state index is -0.611. The quantitative estimate of drug-likeness (QED) is 0.806. The number of esters is 1. The normalized spacial score (nSPS) is 10.2. The number of carbonyl (C=O) groups is 2. The third-order valence-electron chi connectivity index (χ3n) is 1.63. The number of nitrogens with one attached hydrogen (secondary N) is 1. The molecule has 0 bridgehead atoms. The summed E-state index contributed by atoms with van der Waals surface area (Å²) in [7, 11) is 1.25. The van der Waals surface area contributed by atoms with E-state index < -0.39 is 5.97 Å². The minimum Gasteiger partial charge on any atom is -0.463 e. The Bertz CT molecular complexity index is 389. The van der Waals surface area contributed by atoms with Crippen molar-refractivity contribution >= 4 is 28.5 Å². The number of ether oxygens (including phenoxy) is 1. The Balaban J connectivity index is 2.58. The Hall–Kier alpha value is -1.50. The summed E-state index contributed by atoms with van der Waals surface area (Å²) in [4.78, 5) is 26.2. The lowest BCUT2D eigenvalue weighted by Gasteiger charge is -2.02. The molecule has 0 atom stereocenters. The van der Waals surface area contributed by atoms with Gasteiger partial charge in [0.05, 0.1) is 7.11 Å².